The van der Waals surface area contributed by atoms with Gasteiger partial charge in [-0.3, -0.25) is 14.6 Å². The van der Waals surface area contributed by atoms with Gasteiger partial charge in [-0.1, -0.05) is 12.1 Å². The Morgan fingerprint density at radius 1 is 1.15 bits per heavy atom. The Morgan fingerprint density at radius 3 is 2.70 bits per heavy atom. The zero-order valence-electron chi connectivity index (χ0n) is 15.2. The minimum atomic E-state index is -0.284. The molecule has 7 nitrogen and oxygen atoms in total. The summed E-state index contributed by atoms with van der Waals surface area (Å²) in [6, 6.07) is 11.1. The molecule has 140 valence electrons. The molecule has 1 aromatic carbocycles. The number of nitrogens with zero attached hydrogens (tertiary/aromatic N) is 3. The lowest BCUT2D eigenvalue weighted by atomic mass is 10.2. The van der Waals surface area contributed by atoms with Crippen molar-refractivity contribution < 1.29 is 14.3 Å². The molecule has 0 atom stereocenters. The Morgan fingerprint density at radius 2 is 1.93 bits per heavy atom. The predicted molar refractivity (Wildman–Crippen MR) is 101 cm³/mol. The van der Waals surface area contributed by atoms with E-state index in [1.807, 2.05) is 28.8 Å². The lowest BCUT2D eigenvalue weighted by Gasteiger charge is -2.09. The third kappa shape index (κ3) is 4.69. The highest BCUT2D eigenvalue weighted by atomic mass is 16.5. The van der Waals surface area contributed by atoms with Crippen LogP contribution in [-0.2, 0) is 22.5 Å². The number of fused-ring (bicyclic) bond motifs is 1. The van der Waals surface area contributed by atoms with Crippen molar-refractivity contribution in [1.82, 2.24) is 19.9 Å². The summed E-state index contributed by atoms with van der Waals surface area (Å²) in [5.41, 5.74) is 2.33. The SMILES string of the molecule is CCOC(=O)Cn1c(CCCNC(=O)c2ccncc2)nc2ccccc21. The van der Waals surface area contributed by atoms with Gasteiger partial charge in [-0.25, -0.2) is 4.98 Å². The lowest BCUT2D eigenvalue weighted by molar-refractivity contribution is -0.143. The van der Waals surface area contributed by atoms with Gasteiger partial charge >= 0.3 is 5.97 Å². The second-order valence-corrected chi connectivity index (χ2v) is 6.00. The molecule has 7 heteroatoms. The van der Waals surface area contributed by atoms with Gasteiger partial charge in [0, 0.05) is 30.9 Å². The van der Waals surface area contributed by atoms with Crippen molar-refractivity contribution in [3.63, 3.8) is 0 Å². The van der Waals surface area contributed by atoms with Gasteiger partial charge in [-0.15, -0.1) is 0 Å². The highest BCUT2D eigenvalue weighted by molar-refractivity contribution is 5.93. The summed E-state index contributed by atoms with van der Waals surface area (Å²) < 4.78 is 6.96. The van der Waals surface area contributed by atoms with Gasteiger partial charge in [0.25, 0.3) is 5.91 Å². The smallest absolute Gasteiger partial charge is 0.326 e. The fourth-order valence-corrected chi connectivity index (χ4v) is 2.88. The number of aryl methyl sites for hydroxylation is 1. The van der Waals surface area contributed by atoms with Crippen molar-refractivity contribution in [2.75, 3.05) is 13.2 Å². The van der Waals surface area contributed by atoms with Crippen molar-refractivity contribution in [2.24, 2.45) is 0 Å². The van der Waals surface area contributed by atoms with E-state index < -0.39 is 0 Å². The van der Waals surface area contributed by atoms with E-state index in [0.29, 0.717) is 31.6 Å². The lowest BCUT2D eigenvalue weighted by Crippen LogP contribution is -2.25. The standard InChI is InChI=1S/C20H22N4O3/c1-2-27-19(25)14-24-17-7-4-3-6-16(17)23-18(24)8-5-11-22-20(26)15-9-12-21-13-10-15/h3-4,6-7,9-10,12-13H,2,5,8,11,14H2,1H3,(H,22,26). The first kappa shape index (κ1) is 18.6. The quantitative estimate of drug-likeness (QED) is 0.489. The Balaban J connectivity index is 1.64. The molecule has 0 spiro atoms. The average molecular weight is 366 g/mol. The largest absolute Gasteiger partial charge is 0.465 e. The molecular formula is C20H22N4O3. The maximum atomic E-state index is 12.1. The molecule has 0 fully saturated rings. The first-order chi connectivity index (χ1) is 13.2. The zero-order valence-corrected chi connectivity index (χ0v) is 15.2. The molecule has 0 saturated heterocycles. The van der Waals surface area contributed by atoms with E-state index in [9.17, 15) is 9.59 Å². The number of aromatic nitrogens is 3. The van der Waals surface area contributed by atoms with Crippen molar-refractivity contribution in [2.45, 2.75) is 26.3 Å². The number of nitrogens with one attached hydrogen (secondary N) is 1. The van der Waals surface area contributed by atoms with Crippen LogP contribution < -0.4 is 5.32 Å². The third-order valence-corrected chi connectivity index (χ3v) is 4.13. The topological polar surface area (TPSA) is 86.1 Å². The van der Waals surface area contributed by atoms with Gasteiger partial charge in [0.2, 0.25) is 0 Å². The van der Waals surface area contributed by atoms with E-state index >= 15 is 0 Å². The van der Waals surface area contributed by atoms with E-state index in [1.165, 1.54) is 0 Å². The number of para-hydroxylation sites is 2. The fraction of sp³-hybridized carbons (Fsp3) is 0.300. The number of hydrogen-bond acceptors (Lipinski definition) is 5. The van der Waals surface area contributed by atoms with Crippen LogP contribution in [-0.4, -0.2) is 39.6 Å². The molecule has 1 amide bonds. The van der Waals surface area contributed by atoms with Crippen molar-refractivity contribution in [3.8, 4) is 0 Å². The number of ether oxygens (including phenoxy) is 1. The second kappa shape index (κ2) is 8.93. The van der Waals surface area contributed by atoms with Gasteiger partial charge in [-0.2, -0.15) is 0 Å². The number of rotatable bonds is 8. The summed E-state index contributed by atoms with van der Waals surface area (Å²) >= 11 is 0. The minimum Gasteiger partial charge on any atom is -0.465 e. The van der Waals surface area contributed by atoms with Crippen LogP contribution in [0, 0.1) is 0 Å². The number of hydrogen-bond donors (Lipinski definition) is 1. The van der Waals surface area contributed by atoms with Crippen LogP contribution in [0.5, 0.6) is 0 Å². The summed E-state index contributed by atoms with van der Waals surface area (Å²) in [6.45, 7) is 2.79. The second-order valence-electron chi connectivity index (χ2n) is 6.00. The van der Waals surface area contributed by atoms with Crippen LogP contribution in [0.4, 0.5) is 0 Å². The predicted octanol–water partition coefficient (Wildman–Crippen LogP) is 2.36. The van der Waals surface area contributed by atoms with Gasteiger partial charge in [-0.05, 0) is 37.6 Å². The zero-order chi connectivity index (χ0) is 19.1. The van der Waals surface area contributed by atoms with E-state index in [0.717, 1.165) is 16.9 Å². The fourth-order valence-electron chi connectivity index (χ4n) is 2.88. The summed E-state index contributed by atoms with van der Waals surface area (Å²) in [7, 11) is 0. The molecule has 0 saturated carbocycles. The molecule has 0 bridgehead atoms. The maximum absolute atomic E-state index is 12.1. The minimum absolute atomic E-state index is 0.127. The van der Waals surface area contributed by atoms with Crippen LogP contribution in [0.2, 0.25) is 0 Å². The first-order valence-corrected chi connectivity index (χ1v) is 8.97. The molecular weight excluding hydrogens is 344 g/mol. The first-order valence-electron chi connectivity index (χ1n) is 8.97. The number of esters is 1. The Hall–Kier alpha value is -3.22. The third-order valence-electron chi connectivity index (χ3n) is 4.13. The Kier molecular flexibility index (Phi) is 6.14. The molecule has 27 heavy (non-hydrogen) atoms. The van der Waals surface area contributed by atoms with Gasteiger partial charge in [0.15, 0.2) is 0 Å². The van der Waals surface area contributed by atoms with Crippen LogP contribution >= 0.6 is 0 Å². The van der Waals surface area contributed by atoms with Gasteiger partial charge in [0.05, 0.1) is 17.6 Å². The molecule has 3 aromatic rings. The average Bonchev–Trinajstić information content (AvgIpc) is 3.03. The number of carbonyl (C=O) groups is 2. The highest BCUT2D eigenvalue weighted by Crippen LogP contribution is 2.17. The molecule has 1 N–H and O–H groups in total. The molecule has 0 radical (unpaired) electrons. The monoisotopic (exact) mass is 366 g/mol. The van der Waals surface area contributed by atoms with Crippen LogP contribution in [0.15, 0.2) is 48.8 Å². The molecule has 2 heterocycles. The summed E-state index contributed by atoms with van der Waals surface area (Å²) in [5, 5.41) is 2.89. The number of benzene rings is 1. The molecule has 0 aliphatic rings. The number of carbonyl (C=O) groups excluding carboxylic acids is 2. The van der Waals surface area contributed by atoms with E-state index in [1.54, 1.807) is 31.5 Å². The summed E-state index contributed by atoms with van der Waals surface area (Å²) in [6.07, 6.45) is 4.53. The van der Waals surface area contributed by atoms with E-state index in [2.05, 4.69) is 15.3 Å². The molecule has 0 aliphatic carbocycles. The normalized spacial score (nSPS) is 10.7. The van der Waals surface area contributed by atoms with Gasteiger partial charge < -0.3 is 14.6 Å². The highest BCUT2D eigenvalue weighted by Gasteiger charge is 2.14. The summed E-state index contributed by atoms with van der Waals surface area (Å²) in [5.74, 6) is 0.396. The molecule has 0 aliphatic heterocycles. The van der Waals surface area contributed by atoms with Gasteiger partial charge in [0.1, 0.15) is 12.4 Å². The van der Waals surface area contributed by atoms with E-state index in [-0.39, 0.29) is 18.4 Å². The van der Waals surface area contributed by atoms with Crippen LogP contribution in [0.25, 0.3) is 11.0 Å². The van der Waals surface area contributed by atoms with Crippen LogP contribution in [0.3, 0.4) is 0 Å². The molecule has 2 aromatic heterocycles. The number of pyridine rings is 1. The Labute approximate surface area is 157 Å². The van der Waals surface area contributed by atoms with E-state index in [4.69, 9.17) is 4.74 Å². The van der Waals surface area contributed by atoms with Crippen LogP contribution in [0.1, 0.15) is 29.5 Å². The van der Waals surface area contributed by atoms with Crippen molar-refractivity contribution in [3.05, 3.63) is 60.2 Å². The molecule has 0 unspecified atom stereocenters. The number of amides is 1. The summed E-state index contributed by atoms with van der Waals surface area (Å²) in [4.78, 5) is 32.5. The van der Waals surface area contributed by atoms with Crippen molar-refractivity contribution in [1.29, 1.82) is 0 Å². The Bertz CT molecular complexity index is 921. The van der Waals surface area contributed by atoms with Crippen molar-refractivity contribution >= 4 is 22.9 Å². The molecule has 3 rings (SSSR count). The number of imidazole rings is 1. The maximum Gasteiger partial charge on any atom is 0.326 e.